The van der Waals surface area contributed by atoms with Crippen molar-refractivity contribution in [1.29, 1.82) is 0 Å². The Kier molecular flexibility index (Phi) is 11.3. The molecular formula is C27H39Cl3N4O. The minimum atomic E-state index is -0.0149. The van der Waals surface area contributed by atoms with Gasteiger partial charge in [-0.2, -0.15) is 0 Å². The second-order valence-electron chi connectivity index (χ2n) is 10.4. The fourth-order valence-electron chi connectivity index (χ4n) is 5.12. The first-order valence-electron chi connectivity index (χ1n) is 12.1. The molecule has 8 heteroatoms. The van der Waals surface area contributed by atoms with E-state index in [-0.39, 0.29) is 48.2 Å². The van der Waals surface area contributed by atoms with Crippen LogP contribution in [0.3, 0.4) is 0 Å². The Labute approximate surface area is 228 Å². The molecular weight excluding hydrogens is 503 g/mol. The fourth-order valence-corrected chi connectivity index (χ4v) is 5.25. The molecule has 2 atom stereocenters. The average Bonchev–Trinajstić information content (AvgIpc) is 2.81. The molecule has 35 heavy (non-hydrogen) atoms. The van der Waals surface area contributed by atoms with Gasteiger partial charge in [-0.05, 0) is 28.7 Å². The first-order valence-corrected chi connectivity index (χ1v) is 12.5. The van der Waals surface area contributed by atoms with Gasteiger partial charge >= 0.3 is 0 Å². The molecule has 2 saturated heterocycles. The molecule has 2 aromatic carbocycles. The number of halogens is 3. The first kappa shape index (κ1) is 29.9. The summed E-state index contributed by atoms with van der Waals surface area (Å²) in [5.74, 6) is 0.263. The van der Waals surface area contributed by atoms with Gasteiger partial charge in [-0.15, -0.1) is 24.8 Å². The molecule has 0 aliphatic carbocycles. The lowest BCUT2D eigenvalue weighted by Crippen LogP contribution is -2.62. The lowest BCUT2D eigenvalue weighted by molar-refractivity contribution is -0.141. The van der Waals surface area contributed by atoms with Gasteiger partial charge in [0.1, 0.15) is 0 Å². The van der Waals surface area contributed by atoms with Crippen LogP contribution < -0.4 is 5.32 Å². The van der Waals surface area contributed by atoms with Crippen molar-refractivity contribution in [2.45, 2.75) is 32.9 Å². The van der Waals surface area contributed by atoms with E-state index in [1.54, 1.807) is 0 Å². The Bertz CT molecular complexity index is 914. The van der Waals surface area contributed by atoms with Crippen LogP contribution in [0.4, 0.5) is 0 Å². The number of nitrogens with zero attached hydrogens (tertiary/aromatic N) is 3. The number of hydrogen-bond acceptors (Lipinski definition) is 4. The van der Waals surface area contributed by atoms with Gasteiger partial charge in [-0.3, -0.25) is 14.6 Å². The van der Waals surface area contributed by atoms with E-state index in [2.05, 4.69) is 83.3 Å². The highest BCUT2D eigenvalue weighted by atomic mass is 35.5. The zero-order valence-corrected chi connectivity index (χ0v) is 23.3. The maximum Gasteiger partial charge on any atom is 0.237 e. The van der Waals surface area contributed by atoms with Crippen LogP contribution in [0.15, 0.2) is 54.6 Å². The standard InChI is InChI=1S/C27H37ClN4O.2ClH/c1-27(2,3)24-19-31(17-18-32(24)25(33)20-30-15-13-29-14-16-30)26(21-7-5-4-6-8-21)22-9-11-23(28)12-10-22;;/h4-12,24,26,29H,13-20H2,1-3H3;2*1H/t24-,26?;;/m1../s1. The molecule has 0 bridgehead atoms. The predicted octanol–water partition coefficient (Wildman–Crippen LogP) is 4.74. The van der Waals surface area contributed by atoms with Crippen LogP contribution in [0.2, 0.25) is 5.02 Å². The van der Waals surface area contributed by atoms with Gasteiger partial charge in [0, 0.05) is 56.9 Å². The Hall–Kier alpha value is -1.34. The van der Waals surface area contributed by atoms with E-state index >= 15 is 0 Å². The molecule has 2 aromatic rings. The summed E-state index contributed by atoms with van der Waals surface area (Å²) in [5.41, 5.74) is 2.49. The third-order valence-corrected chi connectivity index (χ3v) is 7.22. The van der Waals surface area contributed by atoms with E-state index < -0.39 is 0 Å². The number of hydrogen-bond donors (Lipinski definition) is 1. The summed E-state index contributed by atoms with van der Waals surface area (Å²) in [5, 5.41) is 4.12. The molecule has 1 amide bonds. The van der Waals surface area contributed by atoms with Crippen molar-refractivity contribution in [3.8, 4) is 0 Å². The topological polar surface area (TPSA) is 38.8 Å². The van der Waals surface area contributed by atoms with Crippen molar-refractivity contribution in [2.75, 3.05) is 52.4 Å². The summed E-state index contributed by atoms with van der Waals surface area (Å²) < 4.78 is 0. The molecule has 2 aliphatic heterocycles. The van der Waals surface area contributed by atoms with E-state index in [0.29, 0.717) is 6.54 Å². The second kappa shape index (κ2) is 13.3. The lowest BCUT2D eigenvalue weighted by atomic mass is 9.83. The van der Waals surface area contributed by atoms with Crippen LogP contribution >= 0.6 is 36.4 Å². The van der Waals surface area contributed by atoms with Gasteiger partial charge in [-0.25, -0.2) is 0 Å². The molecule has 0 saturated carbocycles. The van der Waals surface area contributed by atoms with Crippen molar-refractivity contribution in [3.63, 3.8) is 0 Å². The van der Waals surface area contributed by atoms with Crippen molar-refractivity contribution >= 4 is 42.3 Å². The number of carbonyl (C=O) groups excluding carboxylic acids is 1. The van der Waals surface area contributed by atoms with Gasteiger partial charge in [0.2, 0.25) is 5.91 Å². The fraction of sp³-hybridized carbons (Fsp3) is 0.519. The van der Waals surface area contributed by atoms with Crippen LogP contribution in [0.25, 0.3) is 0 Å². The van der Waals surface area contributed by atoms with Crippen LogP contribution in [0.5, 0.6) is 0 Å². The molecule has 0 aromatic heterocycles. The predicted molar refractivity (Wildman–Crippen MR) is 150 cm³/mol. The van der Waals surface area contributed by atoms with Crippen LogP contribution in [-0.4, -0.2) is 79.0 Å². The minimum Gasteiger partial charge on any atom is -0.336 e. The van der Waals surface area contributed by atoms with Crippen LogP contribution in [0, 0.1) is 5.41 Å². The number of piperazine rings is 2. The Morgan fingerprint density at radius 2 is 1.54 bits per heavy atom. The smallest absolute Gasteiger partial charge is 0.237 e. The maximum atomic E-state index is 13.4. The highest BCUT2D eigenvalue weighted by molar-refractivity contribution is 6.30. The van der Waals surface area contributed by atoms with E-state index in [1.165, 1.54) is 11.1 Å². The quantitative estimate of drug-likeness (QED) is 0.594. The van der Waals surface area contributed by atoms with Crippen molar-refractivity contribution in [2.24, 2.45) is 5.41 Å². The van der Waals surface area contributed by atoms with Gasteiger partial charge in [0.25, 0.3) is 0 Å². The van der Waals surface area contributed by atoms with E-state index in [9.17, 15) is 4.79 Å². The number of amides is 1. The van der Waals surface area contributed by atoms with Crippen molar-refractivity contribution < 1.29 is 4.79 Å². The number of rotatable bonds is 5. The van der Waals surface area contributed by atoms with Gasteiger partial charge in [-0.1, -0.05) is 74.8 Å². The zero-order valence-electron chi connectivity index (χ0n) is 21.0. The minimum absolute atomic E-state index is 0. The van der Waals surface area contributed by atoms with Crippen LogP contribution in [-0.2, 0) is 4.79 Å². The lowest BCUT2D eigenvalue weighted by Gasteiger charge is -2.50. The highest BCUT2D eigenvalue weighted by Crippen LogP contribution is 2.35. The van der Waals surface area contributed by atoms with E-state index in [1.807, 2.05) is 12.1 Å². The average molecular weight is 542 g/mol. The Morgan fingerprint density at radius 1 is 0.943 bits per heavy atom. The number of carbonyl (C=O) groups is 1. The van der Waals surface area contributed by atoms with Crippen molar-refractivity contribution in [3.05, 3.63) is 70.7 Å². The first-order chi connectivity index (χ1) is 15.8. The van der Waals surface area contributed by atoms with Gasteiger partial charge in [0.15, 0.2) is 0 Å². The Morgan fingerprint density at radius 3 is 2.14 bits per heavy atom. The van der Waals surface area contributed by atoms with Gasteiger partial charge in [0.05, 0.1) is 12.6 Å². The SMILES string of the molecule is CC(C)(C)[C@H]1CN(C(c2ccccc2)c2ccc(Cl)cc2)CCN1C(=O)CN1CCNCC1.Cl.Cl. The molecule has 1 N–H and O–H groups in total. The number of nitrogens with one attached hydrogen (secondary N) is 1. The molecule has 2 fully saturated rings. The van der Waals surface area contributed by atoms with Gasteiger partial charge < -0.3 is 10.2 Å². The summed E-state index contributed by atoms with van der Waals surface area (Å²) in [6.07, 6.45) is 0. The van der Waals surface area contributed by atoms with Crippen LogP contribution in [0.1, 0.15) is 37.9 Å². The summed E-state index contributed by atoms with van der Waals surface area (Å²) >= 11 is 6.20. The van der Waals surface area contributed by atoms with Crippen molar-refractivity contribution in [1.82, 2.24) is 20.0 Å². The summed E-state index contributed by atoms with van der Waals surface area (Å²) in [4.78, 5) is 20.4. The molecule has 5 nitrogen and oxygen atoms in total. The monoisotopic (exact) mass is 540 g/mol. The second-order valence-corrected chi connectivity index (χ2v) is 10.8. The summed E-state index contributed by atoms with van der Waals surface area (Å²) in [6.45, 7) is 13.5. The Balaban J connectivity index is 0.00000216. The third-order valence-electron chi connectivity index (χ3n) is 6.97. The largest absolute Gasteiger partial charge is 0.336 e. The summed E-state index contributed by atoms with van der Waals surface area (Å²) in [6, 6.07) is 19.2. The molecule has 1 unspecified atom stereocenters. The maximum absolute atomic E-state index is 13.4. The zero-order chi connectivity index (χ0) is 23.4. The van der Waals surface area contributed by atoms with E-state index in [4.69, 9.17) is 11.6 Å². The molecule has 0 radical (unpaired) electrons. The molecule has 4 rings (SSSR count). The number of benzene rings is 2. The highest BCUT2D eigenvalue weighted by Gasteiger charge is 2.40. The molecule has 2 aliphatic rings. The third kappa shape index (κ3) is 7.58. The van der Waals surface area contributed by atoms with E-state index in [0.717, 1.165) is 50.8 Å². The normalized spacial score (nSPS) is 20.5. The summed E-state index contributed by atoms with van der Waals surface area (Å²) in [7, 11) is 0. The molecule has 194 valence electrons. The molecule has 0 spiro atoms. The molecule has 2 heterocycles.